The Morgan fingerprint density at radius 3 is 2.92 bits per heavy atom. The minimum atomic E-state index is 0.0469. The average Bonchev–Trinajstić information content (AvgIpc) is 3.33. The number of nitrogens with zero attached hydrogens (tertiary/aromatic N) is 5. The highest BCUT2D eigenvalue weighted by atomic mass is 35.5. The number of hydrogen-bond donors (Lipinski definition) is 0. The van der Waals surface area contributed by atoms with Crippen molar-refractivity contribution in [2.75, 3.05) is 0 Å². The van der Waals surface area contributed by atoms with Crippen LogP contribution in [0.15, 0.2) is 36.0 Å². The number of hydrogen-bond acceptors (Lipinski definition) is 4. The molecule has 130 valence electrons. The van der Waals surface area contributed by atoms with Crippen molar-refractivity contribution in [3.05, 3.63) is 41.1 Å². The Balaban J connectivity index is 1.49. The van der Waals surface area contributed by atoms with Crippen molar-refractivity contribution >= 4 is 17.5 Å². The monoisotopic (exact) mass is 357 g/mol. The highest BCUT2D eigenvalue weighted by molar-refractivity contribution is 6.30. The van der Waals surface area contributed by atoms with Gasteiger partial charge in [0.2, 0.25) is 5.82 Å². The largest absolute Gasteiger partial charge is 0.312 e. The van der Waals surface area contributed by atoms with Crippen LogP contribution < -0.4 is 0 Å². The molecule has 0 bridgehead atoms. The van der Waals surface area contributed by atoms with Crippen molar-refractivity contribution in [1.29, 1.82) is 0 Å². The Kier molecular flexibility index (Phi) is 4.53. The van der Waals surface area contributed by atoms with E-state index in [-0.39, 0.29) is 12.5 Å². The van der Waals surface area contributed by atoms with E-state index in [2.05, 4.69) is 21.5 Å². The van der Waals surface area contributed by atoms with Crippen LogP contribution in [0.2, 0.25) is 5.02 Å². The maximum Gasteiger partial charge on any atom is 0.250 e. The number of rotatable bonds is 5. The zero-order valence-electron chi connectivity index (χ0n) is 13.9. The third-order valence-electron chi connectivity index (χ3n) is 4.57. The minimum absolute atomic E-state index is 0.0469. The van der Waals surface area contributed by atoms with Crippen LogP contribution in [0, 0.1) is 0 Å². The minimum Gasteiger partial charge on any atom is -0.312 e. The second-order valence-corrected chi connectivity index (χ2v) is 7.03. The summed E-state index contributed by atoms with van der Waals surface area (Å²) in [7, 11) is 0. The van der Waals surface area contributed by atoms with Gasteiger partial charge in [-0.25, -0.2) is 0 Å². The second kappa shape index (κ2) is 6.96. The molecular formula is C18H20ClN5O. The molecule has 2 aliphatic rings. The van der Waals surface area contributed by atoms with Crippen LogP contribution in [-0.4, -0.2) is 37.1 Å². The molecule has 0 saturated heterocycles. The summed E-state index contributed by atoms with van der Waals surface area (Å²) in [4.78, 5) is 16.2. The molecule has 2 aromatic rings. The number of aromatic nitrogens is 4. The molecule has 0 atom stereocenters. The maximum atomic E-state index is 12.8. The first kappa shape index (κ1) is 16.3. The summed E-state index contributed by atoms with van der Waals surface area (Å²) in [6, 6.07) is 7.65. The number of halogens is 1. The van der Waals surface area contributed by atoms with E-state index in [1.165, 1.54) is 16.9 Å². The molecule has 1 fully saturated rings. The summed E-state index contributed by atoms with van der Waals surface area (Å²) < 4.78 is 0. The van der Waals surface area contributed by atoms with Crippen molar-refractivity contribution in [3.63, 3.8) is 0 Å². The van der Waals surface area contributed by atoms with Gasteiger partial charge >= 0.3 is 0 Å². The quantitative estimate of drug-likeness (QED) is 0.822. The molecule has 1 aromatic heterocycles. The lowest BCUT2D eigenvalue weighted by molar-refractivity contribution is -0.131. The third-order valence-corrected chi connectivity index (χ3v) is 4.80. The van der Waals surface area contributed by atoms with E-state index in [9.17, 15) is 4.79 Å². The van der Waals surface area contributed by atoms with Gasteiger partial charge in [-0.05, 0) is 55.9 Å². The number of benzene rings is 1. The van der Waals surface area contributed by atoms with Gasteiger partial charge in [-0.2, -0.15) is 4.80 Å². The first-order chi connectivity index (χ1) is 12.2. The van der Waals surface area contributed by atoms with Gasteiger partial charge < -0.3 is 4.90 Å². The van der Waals surface area contributed by atoms with Crippen molar-refractivity contribution in [1.82, 2.24) is 25.1 Å². The third kappa shape index (κ3) is 3.74. The molecule has 7 heteroatoms. The molecule has 25 heavy (non-hydrogen) atoms. The van der Waals surface area contributed by atoms with E-state index < -0.39 is 0 Å². The predicted octanol–water partition coefficient (Wildman–Crippen LogP) is 3.44. The summed E-state index contributed by atoms with van der Waals surface area (Å²) in [5.74, 6) is 0.524. The number of allylic oxidation sites excluding steroid dienone is 2. The van der Waals surface area contributed by atoms with Gasteiger partial charge in [-0.1, -0.05) is 29.8 Å². The normalized spacial score (nSPS) is 17.2. The van der Waals surface area contributed by atoms with Crippen LogP contribution in [0.25, 0.3) is 11.4 Å². The Bertz CT molecular complexity index is 811. The van der Waals surface area contributed by atoms with Crippen LogP contribution in [0.4, 0.5) is 0 Å². The van der Waals surface area contributed by atoms with Gasteiger partial charge in [-0.3, -0.25) is 4.79 Å². The van der Waals surface area contributed by atoms with Gasteiger partial charge in [0.1, 0.15) is 6.54 Å². The Hall–Kier alpha value is -2.21. The molecule has 0 spiro atoms. The van der Waals surface area contributed by atoms with Crippen LogP contribution in [0.5, 0.6) is 0 Å². The van der Waals surface area contributed by atoms with E-state index in [0.717, 1.165) is 37.7 Å². The topological polar surface area (TPSA) is 63.9 Å². The lowest BCUT2D eigenvalue weighted by Crippen LogP contribution is -2.36. The summed E-state index contributed by atoms with van der Waals surface area (Å²) >= 11 is 6.01. The van der Waals surface area contributed by atoms with Gasteiger partial charge in [0, 0.05) is 22.3 Å². The summed E-state index contributed by atoms with van der Waals surface area (Å²) in [6.45, 7) is 0.113. The molecule has 1 saturated carbocycles. The first-order valence-corrected chi connectivity index (χ1v) is 9.13. The second-order valence-electron chi connectivity index (χ2n) is 6.59. The smallest absolute Gasteiger partial charge is 0.250 e. The predicted molar refractivity (Wildman–Crippen MR) is 94.7 cm³/mol. The van der Waals surface area contributed by atoms with Crippen molar-refractivity contribution in [2.45, 2.75) is 51.1 Å². The first-order valence-electron chi connectivity index (χ1n) is 8.75. The Morgan fingerprint density at radius 2 is 2.20 bits per heavy atom. The fraction of sp³-hybridized carbons (Fsp3) is 0.444. The molecule has 1 heterocycles. The SMILES string of the molecule is O=C(Cn1nnc(-c2cccc(Cl)c2)n1)N(C1=CCCCC1)C1CC1. The number of carbonyl (C=O) groups excluding carboxylic acids is 1. The molecule has 0 aliphatic heterocycles. The van der Waals surface area contributed by atoms with E-state index in [0.29, 0.717) is 16.9 Å². The molecule has 1 amide bonds. The van der Waals surface area contributed by atoms with Crippen molar-refractivity contribution < 1.29 is 4.79 Å². The van der Waals surface area contributed by atoms with Crippen molar-refractivity contribution in [3.8, 4) is 11.4 Å². The molecule has 4 rings (SSSR count). The van der Waals surface area contributed by atoms with E-state index in [1.807, 2.05) is 17.0 Å². The molecule has 0 unspecified atom stereocenters. The highest BCUT2D eigenvalue weighted by Gasteiger charge is 2.35. The lowest BCUT2D eigenvalue weighted by atomic mass is 10.0. The number of tetrazole rings is 1. The molecule has 0 N–H and O–H groups in total. The van der Waals surface area contributed by atoms with Crippen LogP contribution >= 0.6 is 11.6 Å². The summed E-state index contributed by atoms with van der Waals surface area (Å²) in [5.41, 5.74) is 1.97. The fourth-order valence-electron chi connectivity index (χ4n) is 3.22. The van der Waals surface area contributed by atoms with Crippen LogP contribution in [-0.2, 0) is 11.3 Å². The lowest BCUT2D eigenvalue weighted by Gasteiger charge is -2.27. The standard InChI is InChI=1S/C18H20ClN5O/c19-14-6-4-5-13(11-14)18-20-22-23(21-18)12-17(25)24(16-9-10-16)15-7-2-1-3-8-15/h4-7,11,16H,1-3,8-10,12H2. The van der Waals surface area contributed by atoms with Crippen molar-refractivity contribution in [2.24, 2.45) is 0 Å². The molecule has 0 radical (unpaired) electrons. The zero-order chi connectivity index (χ0) is 17.2. The van der Waals surface area contributed by atoms with Gasteiger partial charge in [0.25, 0.3) is 5.91 Å². The average molecular weight is 358 g/mol. The van der Waals surface area contributed by atoms with Crippen LogP contribution in [0.1, 0.15) is 38.5 Å². The van der Waals surface area contributed by atoms with E-state index in [4.69, 9.17) is 11.6 Å². The summed E-state index contributed by atoms with van der Waals surface area (Å²) in [5, 5.41) is 13.0. The zero-order valence-corrected chi connectivity index (χ0v) is 14.7. The molecule has 6 nitrogen and oxygen atoms in total. The Labute approximate surface area is 151 Å². The van der Waals surface area contributed by atoms with E-state index >= 15 is 0 Å². The molecular weight excluding hydrogens is 338 g/mol. The number of amides is 1. The number of carbonyl (C=O) groups is 1. The van der Waals surface area contributed by atoms with Gasteiger partial charge in [-0.15, -0.1) is 10.2 Å². The highest BCUT2D eigenvalue weighted by Crippen LogP contribution is 2.33. The van der Waals surface area contributed by atoms with Gasteiger partial charge in [0.05, 0.1) is 0 Å². The van der Waals surface area contributed by atoms with Crippen LogP contribution in [0.3, 0.4) is 0 Å². The fourth-order valence-corrected chi connectivity index (χ4v) is 3.41. The molecule has 2 aliphatic carbocycles. The van der Waals surface area contributed by atoms with Gasteiger partial charge in [0.15, 0.2) is 0 Å². The summed E-state index contributed by atoms with van der Waals surface area (Å²) in [6.07, 6.45) is 8.80. The Morgan fingerprint density at radius 1 is 1.32 bits per heavy atom. The maximum absolute atomic E-state index is 12.8. The molecule has 1 aromatic carbocycles. The van der Waals surface area contributed by atoms with E-state index in [1.54, 1.807) is 12.1 Å².